The van der Waals surface area contributed by atoms with Crippen LogP contribution in [0.15, 0.2) is 0 Å². The minimum atomic E-state index is -0.0509. The molecule has 0 bridgehead atoms. The van der Waals surface area contributed by atoms with Gasteiger partial charge in [-0.25, -0.2) is 0 Å². The average Bonchev–Trinajstić information content (AvgIpc) is 2.74. The lowest BCUT2D eigenvalue weighted by atomic mass is 9.87. The highest BCUT2D eigenvalue weighted by molar-refractivity contribution is 5.47. The van der Waals surface area contributed by atoms with E-state index in [0.29, 0.717) is 6.04 Å². The number of likely N-dealkylation sites (tertiary alicyclic amines) is 1. The second-order valence-corrected chi connectivity index (χ2v) is 5.89. The number of aliphatic hydroxyl groups excluding tert-OH is 1. The van der Waals surface area contributed by atoms with Crippen LogP contribution in [-0.4, -0.2) is 60.6 Å². The maximum absolute atomic E-state index is 10.4. The van der Waals surface area contributed by atoms with E-state index in [4.69, 9.17) is 5.11 Å². The van der Waals surface area contributed by atoms with E-state index in [2.05, 4.69) is 11.8 Å². The lowest BCUT2D eigenvalue weighted by Crippen LogP contribution is -2.33. The number of β-amino-alcohol motifs (C(OH)–C–C–N with tert-alkyl or cyclic N) is 1. The SMILES string of the molecule is CC1CCC(N(C)C=O)CC1.CN1CCC(O)C1. The van der Waals surface area contributed by atoms with E-state index < -0.39 is 0 Å². The first-order valence-electron chi connectivity index (χ1n) is 7.06. The topological polar surface area (TPSA) is 43.8 Å². The first kappa shape index (κ1) is 15.4. The van der Waals surface area contributed by atoms with Crippen LogP contribution in [0.4, 0.5) is 0 Å². The van der Waals surface area contributed by atoms with Gasteiger partial charge in [-0.05, 0) is 45.1 Å². The van der Waals surface area contributed by atoms with E-state index in [1.807, 2.05) is 19.0 Å². The van der Waals surface area contributed by atoms with Gasteiger partial charge in [0.05, 0.1) is 6.10 Å². The molecule has 0 aromatic rings. The van der Waals surface area contributed by atoms with Crippen molar-refractivity contribution in [3.05, 3.63) is 0 Å². The summed E-state index contributed by atoms with van der Waals surface area (Å²) in [5.41, 5.74) is 0. The maximum Gasteiger partial charge on any atom is 0.209 e. The molecule has 4 heteroatoms. The van der Waals surface area contributed by atoms with Crippen molar-refractivity contribution in [3.8, 4) is 0 Å². The second-order valence-electron chi connectivity index (χ2n) is 5.89. The number of nitrogens with zero attached hydrogens (tertiary/aromatic N) is 2. The highest BCUT2D eigenvalue weighted by atomic mass is 16.3. The van der Waals surface area contributed by atoms with Gasteiger partial charge in [0.25, 0.3) is 0 Å². The van der Waals surface area contributed by atoms with Gasteiger partial charge in [0, 0.05) is 26.2 Å². The van der Waals surface area contributed by atoms with E-state index in [1.54, 1.807) is 0 Å². The normalized spacial score (nSPS) is 32.6. The molecule has 1 atom stereocenters. The third kappa shape index (κ3) is 5.36. The number of likely N-dealkylation sites (N-methyl/N-ethyl adjacent to an activating group) is 1. The summed E-state index contributed by atoms with van der Waals surface area (Å²) in [7, 11) is 3.91. The number of aliphatic hydroxyl groups is 1. The van der Waals surface area contributed by atoms with Gasteiger partial charge in [-0.3, -0.25) is 4.79 Å². The summed E-state index contributed by atoms with van der Waals surface area (Å²) in [6.45, 7) is 4.21. The van der Waals surface area contributed by atoms with Crippen LogP contribution in [0.25, 0.3) is 0 Å². The van der Waals surface area contributed by atoms with Gasteiger partial charge >= 0.3 is 0 Å². The van der Waals surface area contributed by atoms with Crippen LogP contribution in [0.3, 0.4) is 0 Å². The van der Waals surface area contributed by atoms with Crippen LogP contribution in [0.1, 0.15) is 39.0 Å². The standard InChI is InChI=1S/C9H17NO.C5H11NO/c1-8-3-5-9(6-4-8)10(2)7-11;1-6-3-2-5(7)4-6/h7-9H,3-6H2,1-2H3;5,7H,2-4H2,1H3. The lowest BCUT2D eigenvalue weighted by molar-refractivity contribution is -0.119. The lowest BCUT2D eigenvalue weighted by Gasteiger charge is -2.31. The molecule has 106 valence electrons. The third-order valence-electron chi connectivity index (χ3n) is 4.09. The van der Waals surface area contributed by atoms with E-state index in [0.717, 1.165) is 31.8 Å². The molecule has 0 radical (unpaired) electrons. The molecule has 1 amide bonds. The van der Waals surface area contributed by atoms with Crippen molar-refractivity contribution in [1.82, 2.24) is 9.80 Å². The molecule has 1 saturated carbocycles. The minimum Gasteiger partial charge on any atom is -0.392 e. The predicted octanol–water partition coefficient (Wildman–Crippen LogP) is 1.34. The van der Waals surface area contributed by atoms with Crippen molar-refractivity contribution in [2.24, 2.45) is 5.92 Å². The summed E-state index contributed by atoms with van der Waals surface area (Å²) < 4.78 is 0. The van der Waals surface area contributed by atoms with Gasteiger partial charge in [-0.2, -0.15) is 0 Å². The Morgan fingerprint density at radius 3 is 2.17 bits per heavy atom. The first-order chi connectivity index (χ1) is 8.52. The number of carbonyl (C=O) groups is 1. The van der Waals surface area contributed by atoms with Crippen LogP contribution < -0.4 is 0 Å². The molecule has 1 unspecified atom stereocenters. The van der Waals surface area contributed by atoms with Crippen molar-refractivity contribution in [1.29, 1.82) is 0 Å². The number of rotatable bonds is 2. The molecule has 0 spiro atoms. The molecular weight excluding hydrogens is 228 g/mol. The zero-order valence-corrected chi connectivity index (χ0v) is 12.0. The van der Waals surface area contributed by atoms with Crippen molar-refractivity contribution in [2.75, 3.05) is 27.2 Å². The fourth-order valence-electron chi connectivity index (χ4n) is 2.65. The molecule has 2 fully saturated rings. The summed E-state index contributed by atoms with van der Waals surface area (Å²) >= 11 is 0. The Balaban J connectivity index is 0.000000199. The Morgan fingerprint density at radius 2 is 1.83 bits per heavy atom. The highest BCUT2D eigenvalue weighted by Gasteiger charge is 2.20. The Labute approximate surface area is 111 Å². The fraction of sp³-hybridized carbons (Fsp3) is 0.929. The van der Waals surface area contributed by atoms with Crippen LogP contribution in [0.2, 0.25) is 0 Å². The van der Waals surface area contributed by atoms with Crippen LogP contribution in [-0.2, 0) is 4.79 Å². The molecule has 1 saturated heterocycles. The Hall–Kier alpha value is -0.610. The van der Waals surface area contributed by atoms with Crippen LogP contribution >= 0.6 is 0 Å². The maximum atomic E-state index is 10.4. The zero-order valence-electron chi connectivity index (χ0n) is 12.0. The summed E-state index contributed by atoms with van der Waals surface area (Å²) in [6.07, 6.45) is 6.79. The van der Waals surface area contributed by atoms with E-state index >= 15 is 0 Å². The monoisotopic (exact) mass is 256 g/mol. The van der Waals surface area contributed by atoms with Crippen molar-refractivity contribution < 1.29 is 9.90 Å². The van der Waals surface area contributed by atoms with Gasteiger partial charge in [0.15, 0.2) is 0 Å². The molecule has 0 aromatic heterocycles. The summed E-state index contributed by atoms with van der Waals surface area (Å²) in [5, 5.41) is 8.86. The fourth-order valence-corrected chi connectivity index (χ4v) is 2.65. The Bertz CT molecular complexity index is 232. The van der Waals surface area contributed by atoms with Gasteiger partial charge in [0.2, 0.25) is 6.41 Å². The smallest absolute Gasteiger partial charge is 0.209 e. The molecule has 1 N–H and O–H groups in total. The van der Waals surface area contributed by atoms with Gasteiger partial charge in [-0.1, -0.05) is 6.92 Å². The molecule has 2 aliphatic rings. The second kappa shape index (κ2) is 7.74. The van der Waals surface area contributed by atoms with E-state index in [1.165, 1.54) is 25.7 Å². The van der Waals surface area contributed by atoms with E-state index in [9.17, 15) is 4.79 Å². The van der Waals surface area contributed by atoms with Crippen LogP contribution in [0, 0.1) is 5.92 Å². The summed E-state index contributed by atoms with van der Waals surface area (Å²) in [5.74, 6) is 0.867. The molecule has 18 heavy (non-hydrogen) atoms. The quantitative estimate of drug-likeness (QED) is 0.758. The van der Waals surface area contributed by atoms with Crippen molar-refractivity contribution in [3.63, 3.8) is 0 Å². The minimum absolute atomic E-state index is 0.0509. The molecule has 2 rings (SSSR count). The van der Waals surface area contributed by atoms with Crippen molar-refractivity contribution >= 4 is 6.41 Å². The first-order valence-corrected chi connectivity index (χ1v) is 7.06. The number of hydrogen-bond donors (Lipinski definition) is 1. The zero-order chi connectivity index (χ0) is 13.5. The molecule has 1 aliphatic carbocycles. The predicted molar refractivity (Wildman–Crippen MR) is 73.4 cm³/mol. The van der Waals surface area contributed by atoms with Gasteiger partial charge in [0.1, 0.15) is 0 Å². The molecule has 0 aromatic carbocycles. The highest BCUT2D eigenvalue weighted by Crippen LogP contribution is 2.25. The van der Waals surface area contributed by atoms with Gasteiger partial charge < -0.3 is 14.9 Å². The van der Waals surface area contributed by atoms with Crippen LogP contribution in [0.5, 0.6) is 0 Å². The number of hydrogen-bond acceptors (Lipinski definition) is 3. The number of amides is 1. The Morgan fingerprint density at radius 1 is 1.22 bits per heavy atom. The average molecular weight is 256 g/mol. The largest absolute Gasteiger partial charge is 0.392 e. The third-order valence-corrected chi connectivity index (χ3v) is 4.09. The Kier molecular flexibility index (Phi) is 6.65. The summed E-state index contributed by atoms with van der Waals surface area (Å²) in [6, 6.07) is 0.517. The number of carbonyl (C=O) groups excluding carboxylic acids is 1. The van der Waals surface area contributed by atoms with E-state index in [-0.39, 0.29) is 6.10 Å². The van der Waals surface area contributed by atoms with Crippen molar-refractivity contribution in [2.45, 2.75) is 51.2 Å². The molecule has 1 aliphatic heterocycles. The molecule has 1 heterocycles. The summed E-state index contributed by atoms with van der Waals surface area (Å²) in [4.78, 5) is 14.4. The van der Waals surface area contributed by atoms with Gasteiger partial charge in [-0.15, -0.1) is 0 Å². The molecular formula is C14H28N2O2. The molecule has 4 nitrogen and oxygen atoms in total.